The first-order chi connectivity index (χ1) is 68.7. The molecule has 0 saturated heterocycles. The standard InChI is InChI=1S/C18H18O4.C16H17N3O4.C16H19NO5.C14H15N3O3.C13H12N2O3S2.C13H22N2O3.C12H14N2O3/c1-13-7-12-17(22-13)15-10-8-14(9-11-15)16(19)5-3-4-6-18(20)21-2;1-22-14-7-4-3-6-13(14)19-11-12(10-18-19)16(21)17-9-5-8-15(20)23-2;1-20-13-6-3-5-11-9-12(10-22-15(11)13)16(19)17-8-4-7-14(18)21-2;1-20-14(19)7-4-8-15-13(18)10-17-12-6-3-2-5-11(12)9-16-17;1-18-11(16)5-2-6-14-12(17)9-8-20-13(15-9)10-4-3-7-19-10;1-15(11-6-3-4-7-11)10-12(16)14-9-5-8-13(17)18-2;1-17-12(16)3-2-6-14-11(15)9-10-4-7-13-8-5-10/h4,6-12H,3,5H2,1-2H3;3-8,10-11H,9H2,1-2H3,(H,17,21);3-7,12H,8-10H2,1-2H3,(H,17,19);2-7,9H,8,10H2,1H3,(H,15,18);2-5,7-8H,6H2,1H3,(H,14,17);5,8,11H,3-4,6-7,9-10H2,1-2H3,(H,14,16);2-5,7-8H,6,9H2,1H3,(H,14,15)/b6-4+;8-5+;2*7-4+;5-2+;8-5+;3-2+. The highest BCUT2D eigenvalue weighted by Crippen LogP contribution is 2.36. The summed E-state index contributed by atoms with van der Waals surface area (Å²) in [4.78, 5) is 170. The molecule has 142 heavy (non-hydrogen) atoms. The molecule has 1 unspecified atom stereocenters. The molecule has 6 N–H and O–H groups in total. The summed E-state index contributed by atoms with van der Waals surface area (Å²) in [6.07, 6.45) is 34.6. The molecule has 6 amide bonds. The molecule has 0 bridgehead atoms. The first-order valence-electron chi connectivity index (χ1n) is 44.2. The fourth-order valence-corrected chi connectivity index (χ4v) is 14.1. The largest absolute Gasteiger partial charge is 0.494 e. The first-order valence-corrected chi connectivity index (χ1v) is 45.9. The summed E-state index contributed by atoms with van der Waals surface area (Å²) in [5.74, 6) is -0.565. The van der Waals surface area contributed by atoms with E-state index in [0.717, 1.165) is 54.7 Å². The van der Waals surface area contributed by atoms with Crippen LogP contribution in [0.2, 0.25) is 0 Å². The summed E-state index contributed by atoms with van der Waals surface area (Å²) in [6, 6.07) is 39.8. The third-order valence-electron chi connectivity index (χ3n) is 19.9. The number of rotatable bonds is 38. The van der Waals surface area contributed by atoms with E-state index in [9.17, 15) is 67.1 Å². The molecule has 10 aromatic rings. The van der Waals surface area contributed by atoms with Crippen molar-refractivity contribution in [3.05, 3.63) is 288 Å². The van der Waals surface area contributed by atoms with Gasteiger partial charge in [-0.15, -0.1) is 22.7 Å². The number of hydrogen-bond donors (Lipinski definition) is 6. The van der Waals surface area contributed by atoms with Gasteiger partial charge in [-0.1, -0.05) is 128 Å². The summed E-state index contributed by atoms with van der Waals surface area (Å²) < 4.78 is 56.0. The van der Waals surface area contributed by atoms with E-state index < -0.39 is 41.8 Å². The number of thiophene rings is 1. The molecular formula is C102H117N13O25S2. The SMILES string of the molecule is COC(=O)/C=C/CCC(=O)c1ccc(-c2ccc(C)o2)cc1.COC(=O)/C=C/CNC(=O)C1COc2c(cccc2OC)C1.COC(=O)/C=C/CNC(=O)CN(C)C1CCCC1.COC(=O)/C=C/CNC(=O)Cc1ccncc1.COC(=O)/C=C/CNC(=O)Cn1ncc2ccccc21.COC(=O)/C=C/CNC(=O)c1cnn(-c2ccccc2OC)c1.COC(=O)/C=C/CNC(=O)c1csc(-c2cccs2)n1. The van der Waals surface area contributed by atoms with Crippen LogP contribution in [0.4, 0.5) is 0 Å². The Morgan fingerprint density at radius 2 is 1.04 bits per heavy atom. The number of pyridine rings is 1. The number of Topliss-reactive ketones (excluding diaryl/α,β-unsaturated/α-hetero) is 1. The number of nitrogens with zero attached hydrogens (tertiary/aromatic N) is 7. The van der Waals surface area contributed by atoms with E-state index in [0.29, 0.717) is 92.0 Å². The predicted octanol–water partition coefficient (Wildman–Crippen LogP) is 10.8. The van der Waals surface area contributed by atoms with Crippen molar-refractivity contribution >= 4 is 117 Å². The van der Waals surface area contributed by atoms with E-state index in [-0.39, 0.29) is 79.9 Å². The number of allylic oxidation sites excluding steroid dienone is 1. The van der Waals surface area contributed by atoms with Crippen LogP contribution < -0.4 is 46.1 Å². The van der Waals surface area contributed by atoms with Gasteiger partial charge in [0.2, 0.25) is 23.6 Å². The number of carbonyl (C=O) groups is 14. The molecule has 6 aromatic heterocycles. The van der Waals surface area contributed by atoms with Crippen molar-refractivity contribution in [2.75, 3.05) is 123 Å². The first kappa shape index (κ1) is 114. The second-order valence-electron chi connectivity index (χ2n) is 29.8. The molecule has 4 aromatic carbocycles. The molecule has 7 heterocycles. The van der Waals surface area contributed by atoms with Crippen molar-refractivity contribution in [1.82, 2.24) is 66.3 Å². The highest BCUT2D eigenvalue weighted by molar-refractivity contribution is 7.20. The average molecular weight is 1990 g/mol. The number of ketones is 1. The van der Waals surface area contributed by atoms with Gasteiger partial charge in [-0.05, 0) is 111 Å². The van der Waals surface area contributed by atoms with Crippen LogP contribution in [-0.2, 0) is 105 Å². The lowest BCUT2D eigenvalue weighted by molar-refractivity contribution is -0.135. The summed E-state index contributed by atoms with van der Waals surface area (Å²) in [7, 11) is 14.3. The maximum absolute atomic E-state index is 12.1. The summed E-state index contributed by atoms with van der Waals surface area (Å²) in [5.41, 5.74) is 5.87. The summed E-state index contributed by atoms with van der Waals surface area (Å²) >= 11 is 3.01. The van der Waals surface area contributed by atoms with Crippen molar-refractivity contribution in [1.29, 1.82) is 0 Å². The number of amides is 6. The number of furan rings is 1. The zero-order chi connectivity index (χ0) is 103. The van der Waals surface area contributed by atoms with Gasteiger partial charge in [0.05, 0.1) is 111 Å². The third-order valence-corrected chi connectivity index (χ3v) is 21.7. The minimum atomic E-state index is -0.469. The van der Waals surface area contributed by atoms with Crippen LogP contribution in [0.5, 0.6) is 17.2 Å². The van der Waals surface area contributed by atoms with Gasteiger partial charge in [0.1, 0.15) is 46.8 Å². The van der Waals surface area contributed by atoms with Crippen LogP contribution in [0.15, 0.2) is 259 Å². The molecule has 2 aliphatic rings. The minimum absolute atomic E-state index is 0.0149. The van der Waals surface area contributed by atoms with Gasteiger partial charge in [-0.2, -0.15) is 10.2 Å². The zero-order valence-corrected chi connectivity index (χ0v) is 82.2. The van der Waals surface area contributed by atoms with Crippen molar-refractivity contribution < 1.29 is 119 Å². The number of fused-ring (bicyclic) bond motifs is 2. The highest BCUT2D eigenvalue weighted by atomic mass is 32.1. The predicted molar refractivity (Wildman–Crippen MR) is 531 cm³/mol. The molecular weight excluding hydrogens is 1870 g/mol. The van der Waals surface area contributed by atoms with Gasteiger partial charge >= 0.3 is 41.8 Å². The number of likely N-dealkylation sites (N-methyl/N-ethyl adjacent to an activating group) is 1. The smallest absolute Gasteiger partial charge is 0.330 e. The van der Waals surface area contributed by atoms with Crippen molar-refractivity contribution in [2.24, 2.45) is 5.92 Å². The molecule has 752 valence electrons. The molecule has 1 fully saturated rings. The van der Waals surface area contributed by atoms with Crippen LogP contribution in [0.3, 0.4) is 0 Å². The van der Waals surface area contributed by atoms with Crippen LogP contribution in [0, 0.1) is 12.8 Å². The van der Waals surface area contributed by atoms with Gasteiger partial charge in [-0.25, -0.2) is 43.2 Å². The van der Waals surface area contributed by atoms with E-state index in [1.807, 2.05) is 122 Å². The Kier molecular flexibility index (Phi) is 52.7. The number of thiazole rings is 1. The number of nitrogens with one attached hydrogen (secondary N) is 6. The molecule has 0 spiro atoms. The van der Waals surface area contributed by atoms with Crippen LogP contribution in [0.25, 0.3) is 37.8 Å². The van der Waals surface area contributed by atoms with E-state index >= 15 is 0 Å². The minimum Gasteiger partial charge on any atom is -0.494 e. The lowest BCUT2D eigenvalue weighted by Crippen LogP contribution is -2.39. The monoisotopic (exact) mass is 1990 g/mol. The van der Waals surface area contributed by atoms with Crippen LogP contribution in [0.1, 0.15) is 86.6 Å². The summed E-state index contributed by atoms with van der Waals surface area (Å²) in [6.45, 7) is 4.42. The second kappa shape index (κ2) is 65.4. The Morgan fingerprint density at radius 3 is 1.59 bits per heavy atom. The fraction of sp³-hybridized carbons (Fsp3) is 0.294. The third kappa shape index (κ3) is 43.1. The lowest BCUT2D eigenvalue weighted by atomic mass is 9.95. The van der Waals surface area contributed by atoms with Gasteiger partial charge in [-0.3, -0.25) is 48.1 Å². The average Bonchev–Trinajstić information content (AvgIpc) is 0.973. The second-order valence-corrected chi connectivity index (χ2v) is 31.6. The van der Waals surface area contributed by atoms with Crippen molar-refractivity contribution in [3.8, 4) is 44.1 Å². The maximum Gasteiger partial charge on any atom is 0.330 e. The number of aryl methyl sites for hydroxylation is 1. The van der Waals surface area contributed by atoms with Gasteiger partial charge in [0, 0.05) is 135 Å². The van der Waals surface area contributed by atoms with Gasteiger partial charge in [0.15, 0.2) is 17.3 Å². The van der Waals surface area contributed by atoms with Crippen LogP contribution in [-0.4, -0.2) is 247 Å². The topological polar surface area (TPSA) is 481 Å². The number of ether oxygens (including phenoxy) is 10. The molecule has 1 atom stereocenters. The highest BCUT2D eigenvalue weighted by Gasteiger charge is 2.28. The van der Waals surface area contributed by atoms with Crippen LogP contribution >= 0.6 is 22.7 Å². The fourth-order valence-electron chi connectivity index (χ4n) is 12.5. The van der Waals surface area contributed by atoms with Gasteiger partial charge < -0.3 is 83.7 Å². The van der Waals surface area contributed by atoms with Crippen molar-refractivity contribution in [2.45, 2.75) is 70.9 Å². The zero-order valence-electron chi connectivity index (χ0n) is 80.6. The van der Waals surface area contributed by atoms with E-state index in [2.05, 4.69) is 90.1 Å². The van der Waals surface area contributed by atoms with Crippen molar-refractivity contribution in [3.63, 3.8) is 0 Å². The number of methoxy groups -OCH3 is 9. The number of para-hydroxylation sites is 4. The van der Waals surface area contributed by atoms with E-state index in [4.69, 9.17) is 18.6 Å². The number of aromatic nitrogens is 6. The molecule has 38 nitrogen and oxygen atoms in total. The van der Waals surface area contributed by atoms with E-state index in [1.54, 1.807) is 108 Å². The molecule has 40 heteroatoms. The summed E-state index contributed by atoms with van der Waals surface area (Å²) in [5, 5.41) is 30.0. The lowest BCUT2D eigenvalue weighted by Gasteiger charge is -2.25. The Bertz CT molecular complexity index is 5950. The Morgan fingerprint density at radius 1 is 0.507 bits per heavy atom. The Hall–Kier alpha value is -16.4. The number of carbonyl (C=O) groups excluding carboxylic acids is 14. The number of benzene rings is 4. The van der Waals surface area contributed by atoms with E-state index in [1.165, 1.54) is 160 Å². The Labute approximate surface area is 829 Å². The molecule has 0 radical (unpaired) electrons. The number of hydrogen-bond acceptors (Lipinski definition) is 32. The molecule has 1 aliphatic carbocycles. The number of esters is 7. The van der Waals surface area contributed by atoms with Gasteiger partial charge in [0.25, 0.3) is 11.8 Å². The maximum atomic E-state index is 12.1. The Balaban J connectivity index is 0.000000254. The molecule has 1 aliphatic heterocycles. The quantitative estimate of drug-likeness (QED) is 0.00906. The normalized spacial score (nSPS) is 12.3. The molecule has 1 saturated carbocycles. The molecule has 12 rings (SSSR count).